The first-order valence-corrected chi connectivity index (χ1v) is 10.4. The molecule has 1 unspecified atom stereocenters. The summed E-state index contributed by atoms with van der Waals surface area (Å²) in [5, 5.41) is 14.5. The van der Waals surface area contributed by atoms with Crippen molar-refractivity contribution in [1.82, 2.24) is 29.9 Å². The molecule has 1 aliphatic rings. The Hall–Kier alpha value is -3.26. The van der Waals surface area contributed by atoms with E-state index in [1.54, 1.807) is 11.6 Å². The predicted octanol–water partition coefficient (Wildman–Crippen LogP) is 3.54. The summed E-state index contributed by atoms with van der Waals surface area (Å²) in [6.07, 6.45) is 8.54. The highest BCUT2D eigenvalue weighted by atomic mass is 32.1. The topological polar surface area (TPSA) is 77.6 Å². The lowest BCUT2D eigenvalue weighted by atomic mass is 9.93. The number of rotatable bonds is 4. The van der Waals surface area contributed by atoms with Crippen LogP contribution >= 0.6 is 11.3 Å². The van der Waals surface area contributed by atoms with Crippen molar-refractivity contribution in [2.75, 3.05) is 0 Å². The number of carbonyl (C=O) groups is 1. The molecule has 0 saturated carbocycles. The fourth-order valence-electron chi connectivity index (χ4n) is 3.75. The van der Waals surface area contributed by atoms with Crippen LogP contribution in [0.3, 0.4) is 0 Å². The number of hydrogen-bond acceptors (Lipinski definition) is 5. The SMILES string of the molecule is Cn1ncc2c1CCCC2NC(=O)c1csc(-c2cnn(-c3ccccc3)c2)n1. The van der Waals surface area contributed by atoms with Crippen LogP contribution in [0.5, 0.6) is 0 Å². The van der Waals surface area contributed by atoms with E-state index in [0.717, 1.165) is 41.1 Å². The van der Waals surface area contributed by atoms with Crippen LogP contribution in [0.25, 0.3) is 16.3 Å². The summed E-state index contributed by atoms with van der Waals surface area (Å²) >= 11 is 1.45. The van der Waals surface area contributed by atoms with Crippen molar-refractivity contribution in [2.24, 2.45) is 7.05 Å². The second kappa shape index (κ2) is 7.29. The summed E-state index contributed by atoms with van der Waals surface area (Å²) in [6.45, 7) is 0. The van der Waals surface area contributed by atoms with Crippen molar-refractivity contribution >= 4 is 17.2 Å². The van der Waals surface area contributed by atoms with Gasteiger partial charge in [-0.1, -0.05) is 18.2 Å². The van der Waals surface area contributed by atoms with Gasteiger partial charge in [0, 0.05) is 35.4 Å². The minimum Gasteiger partial charge on any atom is -0.344 e. The molecule has 3 aromatic heterocycles. The van der Waals surface area contributed by atoms with Gasteiger partial charge in [0.25, 0.3) is 5.91 Å². The van der Waals surface area contributed by atoms with Gasteiger partial charge in [0.1, 0.15) is 10.7 Å². The molecule has 5 rings (SSSR count). The Morgan fingerprint density at radius 2 is 2.07 bits per heavy atom. The Bertz CT molecular complexity index is 1160. The standard InChI is InChI=1S/C21H20N6OS/c1-26-19-9-5-8-17(16(19)11-22-26)24-20(28)18-13-29-21(25-18)14-10-23-27(12-14)15-6-3-2-4-7-15/h2-4,6-7,10-13,17H,5,8-9H2,1H3,(H,24,28). The molecule has 0 aliphatic heterocycles. The average Bonchev–Trinajstić information content (AvgIpc) is 3.49. The molecule has 0 fully saturated rings. The third-order valence-electron chi connectivity index (χ3n) is 5.27. The van der Waals surface area contributed by atoms with E-state index in [4.69, 9.17) is 0 Å². The molecule has 146 valence electrons. The van der Waals surface area contributed by atoms with Gasteiger partial charge in [-0.05, 0) is 31.4 Å². The van der Waals surface area contributed by atoms with Gasteiger partial charge < -0.3 is 5.32 Å². The molecule has 0 saturated heterocycles. The third-order valence-corrected chi connectivity index (χ3v) is 6.16. The van der Waals surface area contributed by atoms with E-state index in [9.17, 15) is 4.79 Å². The zero-order valence-corrected chi connectivity index (χ0v) is 16.8. The lowest BCUT2D eigenvalue weighted by Crippen LogP contribution is -2.31. The van der Waals surface area contributed by atoms with E-state index in [2.05, 4.69) is 20.5 Å². The Kier molecular flexibility index (Phi) is 4.48. The van der Waals surface area contributed by atoms with Crippen molar-refractivity contribution in [2.45, 2.75) is 25.3 Å². The van der Waals surface area contributed by atoms with Crippen LogP contribution in [0.2, 0.25) is 0 Å². The van der Waals surface area contributed by atoms with Crippen LogP contribution < -0.4 is 5.32 Å². The molecule has 0 bridgehead atoms. The fraction of sp³-hybridized carbons (Fsp3) is 0.238. The third kappa shape index (κ3) is 3.36. The zero-order valence-electron chi connectivity index (χ0n) is 15.9. The first-order valence-electron chi connectivity index (χ1n) is 9.56. The Labute approximate surface area is 172 Å². The van der Waals surface area contributed by atoms with Gasteiger partial charge in [0.05, 0.1) is 24.1 Å². The van der Waals surface area contributed by atoms with Crippen LogP contribution in [0.1, 0.15) is 40.6 Å². The van der Waals surface area contributed by atoms with E-state index in [0.29, 0.717) is 5.69 Å². The minimum atomic E-state index is -0.148. The highest BCUT2D eigenvalue weighted by molar-refractivity contribution is 7.13. The van der Waals surface area contributed by atoms with E-state index in [-0.39, 0.29) is 11.9 Å². The van der Waals surface area contributed by atoms with E-state index in [1.807, 2.05) is 59.1 Å². The van der Waals surface area contributed by atoms with Crippen molar-refractivity contribution in [1.29, 1.82) is 0 Å². The molecule has 1 N–H and O–H groups in total. The zero-order chi connectivity index (χ0) is 19.8. The number of nitrogens with one attached hydrogen (secondary N) is 1. The second-order valence-electron chi connectivity index (χ2n) is 7.14. The quantitative estimate of drug-likeness (QED) is 0.564. The molecule has 3 heterocycles. The summed E-state index contributed by atoms with van der Waals surface area (Å²) in [4.78, 5) is 17.3. The number of aromatic nitrogens is 5. The summed E-state index contributed by atoms with van der Waals surface area (Å²) in [5.74, 6) is -0.148. The molecule has 4 aromatic rings. The maximum absolute atomic E-state index is 12.8. The van der Waals surface area contributed by atoms with Crippen molar-refractivity contribution in [3.05, 3.63) is 71.3 Å². The van der Waals surface area contributed by atoms with Crippen LogP contribution in [-0.2, 0) is 13.5 Å². The molecule has 1 aliphatic carbocycles. The summed E-state index contributed by atoms with van der Waals surface area (Å²) in [7, 11) is 1.95. The van der Waals surface area contributed by atoms with Gasteiger partial charge in [-0.3, -0.25) is 9.48 Å². The van der Waals surface area contributed by atoms with Gasteiger partial charge in [0.2, 0.25) is 0 Å². The van der Waals surface area contributed by atoms with Crippen molar-refractivity contribution < 1.29 is 4.79 Å². The van der Waals surface area contributed by atoms with Gasteiger partial charge in [-0.25, -0.2) is 9.67 Å². The number of nitrogens with zero attached hydrogens (tertiary/aromatic N) is 5. The van der Waals surface area contributed by atoms with Crippen LogP contribution in [0, 0.1) is 0 Å². The van der Waals surface area contributed by atoms with Gasteiger partial charge in [-0.2, -0.15) is 10.2 Å². The molecule has 1 aromatic carbocycles. The monoisotopic (exact) mass is 404 g/mol. The molecule has 1 atom stereocenters. The number of benzene rings is 1. The Morgan fingerprint density at radius 3 is 2.93 bits per heavy atom. The normalized spacial score (nSPS) is 15.8. The van der Waals surface area contributed by atoms with Gasteiger partial charge >= 0.3 is 0 Å². The van der Waals surface area contributed by atoms with Crippen LogP contribution in [0.4, 0.5) is 0 Å². The number of para-hydroxylation sites is 1. The Morgan fingerprint density at radius 1 is 1.21 bits per heavy atom. The summed E-state index contributed by atoms with van der Waals surface area (Å²) in [6, 6.07) is 9.90. The summed E-state index contributed by atoms with van der Waals surface area (Å²) in [5.41, 5.74) is 4.64. The first-order chi connectivity index (χ1) is 14.2. The highest BCUT2D eigenvalue weighted by Crippen LogP contribution is 2.30. The highest BCUT2D eigenvalue weighted by Gasteiger charge is 2.26. The predicted molar refractivity (Wildman–Crippen MR) is 111 cm³/mol. The largest absolute Gasteiger partial charge is 0.344 e. The van der Waals surface area contributed by atoms with E-state index >= 15 is 0 Å². The molecule has 7 nitrogen and oxygen atoms in total. The van der Waals surface area contributed by atoms with Gasteiger partial charge in [0.15, 0.2) is 0 Å². The fourth-order valence-corrected chi connectivity index (χ4v) is 4.53. The van der Waals surface area contributed by atoms with Gasteiger partial charge in [-0.15, -0.1) is 11.3 Å². The van der Waals surface area contributed by atoms with E-state index < -0.39 is 0 Å². The second-order valence-corrected chi connectivity index (χ2v) is 7.99. The number of fused-ring (bicyclic) bond motifs is 1. The molecule has 0 radical (unpaired) electrons. The maximum Gasteiger partial charge on any atom is 0.271 e. The van der Waals surface area contributed by atoms with Crippen molar-refractivity contribution in [3.63, 3.8) is 0 Å². The number of hydrogen-bond donors (Lipinski definition) is 1. The summed E-state index contributed by atoms with van der Waals surface area (Å²) < 4.78 is 3.71. The lowest BCUT2D eigenvalue weighted by Gasteiger charge is -2.23. The first kappa shape index (κ1) is 17.8. The number of amides is 1. The maximum atomic E-state index is 12.8. The van der Waals surface area contributed by atoms with Crippen LogP contribution in [0.15, 0.2) is 54.3 Å². The van der Waals surface area contributed by atoms with Crippen LogP contribution in [-0.4, -0.2) is 30.5 Å². The molecular formula is C21H20N6OS. The molecule has 0 spiro atoms. The molecule has 29 heavy (non-hydrogen) atoms. The number of carbonyl (C=O) groups excluding carboxylic acids is 1. The lowest BCUT2D eigenvalue weighted by molar-refractivity contribution is 0.0928. The molecule has 1 amide bonds. The molecule has 8 heteroatoms. The molecular weight excluding hydrogens is 384 g/mol. The average molecular weight is 404 g/mol. The minimum absolute atomic E-state index is 0.00840. The Balaban J connectivity index is 1.33. The smallest absolute Gasteiger partial charge is 0.271 e. The number of aryl methyl sites for hydroxylation is 1. The van der Waals surface area contributed by atoms with Crippen molar-refractivity contribution in [3.8, 4) is 16.3 Å². The van der Waals surface area contributed by atoms with E-state index in [1.165, 1.54) is 17.0 Å². The number of thiazole rings is 1.